The molecule has 0 aromatic heterocycles. The van der Waals surface area contributed by atoms with E-state index in [1.807, 2.05) is 43.0 Å². The van der Waals surface area contributed by atoms with Gasteiger partial charge in [0.2, 0.25) is 5.91 Å². The summed E-state index contributed by atoms with van der Waals surface area (Å²) in [5.74, 6) is -0.0380. The van der Waals surface area contributed by atoms with Crippen molar-refractivity contribution in [2.75, 3.05) is 44.6 Å². The molecule has 27 heavy (non-hydrogen) atoms. The van der Waals surface area contributed by atoms with Crippen molar-refractivity contribution in [3.63, 3.8) is 0 Å². The molecule has 0 atom stereocenters. The van der Waals surface area contributed by atoms with Gasteiger partial charge in [0.25, 0.3) is 0 Å². The number of halogens is 1. The Morgan fingerprint density at radius 3 is 2.37 bits per heavy atom. The van der Waals surface area contributed by atoms with Crippen LogP contribution in [0.4, 0.5) is 5.69 Å². The molecule has 7 nitrogen and oxygen atoms in total. The number of carboxylic acid groups (broad SMARTS) is 1. The van der Waals surface area contributed by atoms with Crippen molar-refractivity contribution >= 4 is 30.0 Å². The Hall–Kier alpha value is -1.83. The van der Waals surface area contributed by atoms with Crippen molar-refractivity contribution < 1.29 is 19.4 Å². The number of hydrogen-bond acceptors (Lipinski definition) is 5. The molecule has 2 N–H and O–H groups in total. The quantitative estimate of drug-likeness (QED) is 0.663. The average Bonchev–Trinajstić information content (AvgIpc) is 2.62. The van der Waals surface area contributed by atoms with Crippen LogP contribution >= 0.6 is 12.4 Å². The number of nitrogens with one attached hydrogen (secondary N) is 1. The number of likely N-dealkylation sites (tertiary alicyclic amines) is 1. The highest BCUT2D eigenvalue weighted by Crippen LogP contribution is 2.18. The van der Waals surface area contributed by atoms with Gasteiger partial charge in [0, 0.05) is 24.8 Å². The zero-order valence-corrected chi connectivity index (χ0v) is 16.8. The van der Waals surface area contributed by atoms with Gasteiger partial charge in [0.15, 0.2) is 0 Å². The Labute approximate surface area is 167 Å². The number of hydrogen-bond donors (Lipinski definition) is 2. The monoisotopic (exact) mass is 399 g/mol. The molecular weight excluding hydrogens is 370 g/mol. The van der Waals surface area contributed by atoms with Gasteiger partial charge in [-0.05, 0) is 50.6 Å². The summed E-state index contributed by atoms with van der Waals surface area (Å²) in [6, 6.07) is 7.63. The molecule has 0 bridgehead atoms. The highest BCUT2D eigenvalue weighted by molar-refractivity contribution is 5.92. The van der Waals surface area contributed by atoms with Crippen LogP contribution in [-0.4, -0.2) is 72.2 Å². The molecule has 1 heterocycles. The number of nitrogens with zero attached hydrogens (tertiary/aromatic N) is 2. The van der Waals surface area contributed by atoms with Gasteiger partial charge in [-0.2, -0.15) is 0 Å². The minimum atomic E-state index is -0.788. The van der Waals surface area contributed by atoms with Crippen LogP contribution in [0.2, 0.25) is 0 Å². The molecule has 1 aromatic carbocycles. The minimum Gasteiger partial charge on any atom is -0.494 e. The van der Waals surface area contributed by atoms with Gasteiger partial charge in [0.05, 0.1) is 19.7 Å². The predicted molar refractivity (Wildman–Crippen MR) is 108 cm³/mol. The van der Waals surface area contributed by atoms with E-state index < -0.39 is 5.97 Å². The van der Waals surface area contributed by atoms with Crippen molar-refractivity contribution in [2.24, 2.45) is 0 Å². The lowest BCUT2D eigenvalue weighted by Gasteiger charge is -2.37. The average molecular weight is 400 g/mol. The maximum Gasteiger partial charge on any atom is 0.317 e. The van der Waals surface area contributed by atoms with Crippen LogP contribution in [0, 0.1) is 0 Å². The lowest BCUT2D eigenvalue weighted by Crippen LogP contribution is -2.48. The third-order valence-electron chi connectivity index (χ3n) is 4.63. The lowest BCUT2D eigenvalue weighted by atomic mass is 10.0. The molecule has 0 radical (unpaired) electrons. The second kappa shape index (κ2) is 11.8. The van der Waals surface area contributed by atoms with Crippen LogP contribution in [-0.2, 0) is 9.59 Å². The molecule has 1 aliphatic heterocycles. The van der Waals surface area contributed by atoms with E-state index in [1.54, 1.807) is 0 Å². The summed E-state index contributed by atoms with van der Waals surface area (Å²) >= 11 is 0. The molecule has 152 valence electrons. The Morgan fingerprint density at radius 2 is 1.85 bits per heavy atom. The standard InChI is InChI=1S/C19H29N3O4.ClH/c1-3-22(14-19(24)25)16-9-11-21(12-10-16)13-18(23)20-15-5-7-17(8-6-15)26-4-2;/h5-8,16H,3-4,9-14H2,1-2H3,(H,20,23)(H,24,25);1H. The maximum atomic E-state index is 12.2. The van der Waals surface area contributed by atoms with Gasteiger partial charge in [-0.3, -0.25) is 19.4 Å². The van der Waals surface area contributed by atoms with E-state index in [1.165, 1.54) is 0 Å². The molecule has 1 aromatic rings. The fourth-order valence-electron chi connectivity index (χ4n) is 3.32. The van der Waals surface area contributed by atoms with Gasteiger partial charge in [-0.25, -0.2) is 0 Å². The number of anilines is 1. The number of aliphatic carboxylic acids is 1. The summed E-state index contributed by atoms with van der Waals surface area (Å²) in [5.41, 5.74) is 0.756. The highest BCUT2D eigenvalue weighted by atomic mass is 35.5. The number of piperidine rings is 1. The first-order valence-electron chi connectivity index (χ1n) is 9.22. The Balaban J connectivity index is 0.00000364. The van der Waals surface area contributed by atoms with Crippen molar-refractivity contribution in [2.45, 2.75) is 32.7 Å². The first kappa shape index (κ1) is 23.2. The number of carbonyl (C=O) groups is 2. The van der Waals surface area contributed by atoms with E-state index in [-0.39, 0.29) is 30.9 Å². The third kappa shape index (κ3) is 7.74. The zero-order chi connectivity index (χ0) is 18.9. The molecular formula is C19H30ClN3O4. The maximum absolute atomic E-state index is 12.2. The largest absolute Gasteiger partial charge is 0.494 e. The number of amides is 1. The first-order chi connectivity index (χ1) is 12.5. The Kier molecular flexibility index (Phi) is 10.1. The van der Waals surface area contributed by atoms with Crippen LogP contribution in [0.25, 0.3) is 0 Å². The van der Waals surface area contributed by atoms with Crippen molar-refractivity contribution in [3.05, 3.63) is 24.3 Å². The molecule has 0 unspecified atom stereocenters. The normalized spacial score (nSPS) is 15.2. The van der Waals surface area contributed by atoms with Crippen LogP contribution in [0.3, 0.4) is 0 Å². The molecule has 1 aliphatic rings. The summed E-state index contributed by atoms with van der Waals surface area (Å²) < 4.78 is 5.39. The molecule has 0 aliphatic carbocycles. The van der Waals surface area contributed by atoms with E-state index in [2.05, 4.69) is 10.2 Å². The van der Waals surface area contributed by atoms with E-state index in [9.17, 15) is 9.59 Å². The number of ether oxygens (including phenoxy) is 1. The minimum absolute atomic E-state index is 0. The van der Waals surface area contributed by atoms with Crippen molar-refractivity contribution in [1.29, 1.82) is 0 Å². The Bertz CT molecular complexity index is 589. The van der Waals surface area contributed by atoms with Crippen molar-refractivity contribution in [1.82, 2.24) is 9.80 Å². The molecule has 0 spiro atoms. The van der Waals surface area contributed by atoms with Gasteiger partial charge >= 0.3 is 5.97 Å². The first-order valence-corrected chi connectivity index (χ1v) is 9.22. The van der Waals surface area contributed by atoms with Gasteiger partial charge in [-0.1, -0.05) is 6.92 Å². The van der Waals surface area contributed by atoms with Crippen LogP contribution in [0.1, 0.15) is 26.7 Å². The van der Waals surface area contributed by atoms with Crippen LogP contribution in [0.15, 0.2) is 24.3 Å². The Morgan fingerprint density at radius 1 is 1.22 bits per heavy atom. The number of benzene rings is 1. The molecule has 1 fully saturated rings. The fourth-order valence-corrected chi connectivity index (χ4v) is 3.32. The van der Waals surface area contributed by atoms with Gasteiger partial charge in [0.1, 0.15) is 5.75 Å². The molecule has 8 heteroatoms. The van der Waals surface area contributed by atoms with E-state index in [0.717, 1.165) is 43.9 Å². The van der Waals surface area contributed by atoms with Crippen LogP contribution < -0.4 is 10.1 Å². The number of carboxylic acids is 1. The smallest absolute Gasteiger partial charge is 0.317 e. The second-order valence-electron chi connectivity index (χ2n) is 6.47. The summed E-state index contributed by atoms with van der Waals surface area (Å²) in [6.07, 6.45) is 1.77. The van der Waals surface area contributed by atoms with E-state index in [0.29, 0.717) is 13.2 Å². The molecule has 2 rings (SSSR count). The zero-order valence-electron chi connectivity index (χ0n) is 16.0. The summed E-state index contributed by atoms with van der Waals surface area (Å²) in [6.45, 7) is 7.30. The number of rotatable bonds is 9. The van der Waals surface area contributed by atoms with E-state index in [4.69, 9.17) is 9.84 Å². The van der Waals surface area contributed by atoms with Gasteiger partial charge in [-0.15, -0.1) is 12.4 Å². The summed E-state index contributed by atoms with van der Waals surface area (Å²) in [5, 5.41) is 11.9. The second-order valence-corrected chi connectivity index (χ2v) is 6.47. The van der Waals surface area contributed by atoms with Crippen molar-refractivity contribution in [3.8, 4) is 5.75 Å². The molecule has 1 saturated heterocycles. The van der Waals surface area contributed by atoms with Crippen LogP contribution in [0.5, 0.6) is 5.75 Å². The molecule has 1 amide bonds. The fraction of sp³-hybridized carbons (Fsp3) is 0.579. The summed E-state index contributed by atoms with van der Waals surface area (Å²) in [7, 11) is 0. The van der Waals surface area contributed by atoms with Gasteiger partial charge < -0.3 is 15.2 Å². The topological polar surface area (TPSA) is 82.1 Å². The van der Waals surface area contributed by atoms with E-state index >= 15 is 0 Å². The highest BCUT2D eigenvalue weighted by Gasteiger charge is 2.25. The SMILES string of the molecule is CCOc1ccc(NC(=O)CN2CCC(N(CC)CC(=O)O)CC2)cc1.Cl. The predicted octanol–water partition coefficient (Wildman–Crippen LogP) is 2.32. The third-order valence-corrected chi connectivity index (χ3v) is 4.63. The number of likely N-dealkylation sites (N-methyl/N-ethyl adjacent to an activating group) is 1. The number of carbonyl (C=O) groups excluding carboxylic acids is 1. The molecule has 0 saturated carbocycles. The lowest BCUT2D eigenvalue weighted by molar-refractivity contribution is -0.139. The summed E-state index contributed by atoms with van der Waals surface area (Å²) in [4.78, 5) is 27.3.